The highest BCUT2D eigenvalue weighted by molar-refractivity contribution is 7.86. The molecule has 0 bridgehead atoms. The van der Waals surface area contributed by atoms with E-state index in [2.05, 4.69) is 5.32 Å². The summed E-state index contributed by atoms with van der Waals surface area (Å²) in [5, 5.41) is 2.24. The van der Waals surface area contributed by atoms with Crippen LogP contribution in [0.4, 0.5) is 5.69 Å². The lowest BCUT2D eigenvalue weighted by molar-refractivity contribution is -0.124. The van der Waals surface area contributed by atoms with Crippen LogP contribution in [0, 0.1) is 6.92 Å². The van der Waals surface area contributed by atoms with Crippen LogP contribution in [-0.4, -0.2) is 24.7 Å². The van der Waals surface area contributed by atoms with Crippen molar-refractivity contribution in [1.82, 2.24) is 0 Å². The normalized spacial score (nSPS) is 11.2. The summed E-state index contributed by atoms with van der Waals surface area (Å²) in [5.74, 6) is -0.890. The van der Waals surface area contributed by atoms with Crippen molar-refractivity contribution >= 4 is 39.1 Å². The zero-order valence-corrected chi connectivity index (χ0v) is 11.8. The van der Waals surface area contributed by atoms with Gasteiger partial charge in [0, 0.05) is 5.69 Å². The van der Waals surface area contributed by atoms with Gasteiger partial charge in [-0.15, -0.1) is 0 Å². The number of benzene rings is 1. The number of ketones is 1. The van der Waals surface area contributed by atoms with Gasteiger partial charge in [0.2, 0.25) is 5.91 Å². The summed E-state index contributed by atoms with van der Waals surface area (Å²) in [6.07, 6.45) is -0.316. The molecule has 0 heterocycles. The maximum absolute atomic E-state index is 11.4. The van der Waals surface area contributed by atoms with Gasteiger partial charge in [0.05, 0.1) is 11.4 Å². The number of rotatable bonds is 4. The molecule has 0 radical (unpaired) electrons. The number of carbonyl (C=O) groups excluding carboxylic acids is 2. The quantitative estimate of drug-likeness (QED) is 0.652. The van der Waals surface area contributed by atoms with Crippen molar-refractivity contribution in [2.24, 2.45) is 0 Å². The van der Waals surface area contributed by atoms with E-state index in [9.17, 15) is 18.0 Å². The molecule has 0 aliphatic heterocycles. The lowest BCUT2D eigenvalue weighted by Gasteiger charge is -2.10. The average Bonchev–Trinajstić information content (AvgIpc) is 2.18. The predicted molar refractivity (Wildman–Crippen MR) is 69.9 cm³/mol. The predicted octanol–water partition coefficient (Wildman–Crippen LogP) is 1.81. The van der Waals surface area contributed by atoms with Gasteiger partial charge in [-0.2, -0.15) is 8.42 Å². The number of halogens is 1. The fraction of sp³-hybridized carbons (Fsp3) is 0.273. The molecule has 1 amide bonds. The summed E-state index contributed by atoms with van der Waals surface area (Å²) in [4.78, 5) is 21.7. The van der Waals surface area contributed by atoms with E-state index in [0.717, 1.165) is 6.07 Å². The maximum atomic E-state index is 11.4. The Bertz CT molecular complexity index is 639. The molecule has 1 aromatic carbocycles. The summed E-state index contributed by atoms with van der Waals surface area (Å²) in [6.45, 7) is 2.86. The minimum absolute atomic E-state index is 0.149. The molecule has 0 aliphatic rings. The number of amides is 1. The van der Waals surface area contributed by atoms with Gasteiger partial charge in [-0.25, -0.2) is 0 Å². The Balaban J connectivity index is 3.16. The third-order valence-electron chi connectivity index (χ3n) is 2.24. The molecule has 0 saturated heterocycles. The van der Waals surface area contributed by atoms with E-state index in [-0.39, 0.29) is 22.9 Å². The van der Waals surface area contributed by atoms with E-state index >= 15 is 0 Å². The zero-order chi connectivity index (χ0) is 14.8. The standard InChI is InChI=1S/C11H12ClNO5S/c1-6-3-8(12)10(19(16,17)18)5-9(6)13-11(15)4-7(2)14/h3,5H,4H2,1-2H3,(H,13,15)(H,16,17,18). The van der Waals surface area contributed by atoms with E-state index in [1.807, 2.05) is 0 Å². The van der Waals surface area contributed by atoms with Gasteiger partial charge in [0.25, 0.3) is 10.1 Å². The first kappa shape index (κ1) is 15.6. The summed E-state index contributed by atoms with van der Waals surface area (Å²) in [5.41, 5.74) is 0.678. The summed E-state index contributed by atoms with van der Waals surface area (Å²) in [7, 11) is -4.48. The molecule has 19 heavy (non-hydrogen) atoms. The number of nitrogens with one attached hydrogen (secondary N) is 1. The van der Waals surface area contributed by atoms with Gasteiger partial charge in [0.15, 0.2) is 0 Å². The highest BCUT2D eigenvalue weighted by Crippen LogP contribution is 2.28. The van der Waals surface area contributed by atoms with Crippen LogP contribution in [0.5, 0.6) is 0 Å². The molecule has 0 atom stereocenters. The van der Waals surface area contributed by atoms with Crippen LogP contribution in [0.1, 0.15) is 18.9 Å². The largest absolute Gasteiger partial charge is 0.325 e. The Labute approximate surface area is 115 Å². The Morgan fingerprint density at radius 3 is 2.42 bits per heavy atom. The van der Waals surface area contributed by atoms with E-state index in [4.69, 9.17) is 16.2 Å². The van der Waals surface area contributed by atoms with E-state index in [0.29, 0.717) is 5.56 Å². The summed E-state index contributed by atoms with van der Waals surface area (Å²) < 4.78 is 31.2. The molecule has 0 spiro atoms. The molecule has 0 aromatic heterocycles. The molecule has 0 saturated carbocycles. The number of hydrogen-bond donors (Lipinski definition) is 2. The Kier molecular flexibility index (Phi) is 4.67. The van der Waals surface area contributed by atoms with Gasteiger partial charge in [-0.3, -0.25) is 14.1 Å². The molecular weight excluding hydrogens is 294 g/mol. The highest BCUT2D eigenvalue weighted by atomic mass is 35.5. The molecule has 1 aromatic rings. The Morgan fingerprint density at radius 1 is 1.37 bits per heavy atom. The average molecular weight is 306 g/mol. The third kappa shape index (κ3) is 4.30. The van der Waals surface area contributed by atoms with Gasteiger partial charge in [0.1, 0.15) is 10.7 Å². The number of anilines is 1. The Morgan fingerprint density at radius 2 is 1.95 bits per heavy atom. The van der Waals surface area contributed by atoms with E-state index in [1.54, 1.807) is 6.92 Å². The maximum Gasteiger partial charge on any atom is 0.296 e. The van der Waals surface area contributed by atoms with Crippen LogP contribution in [-0.2, 0) is 19.7 Å². The van der Waals surface area contributed by atoms with Crippen LogP contribution in [0.3, 0.4) is 0 Å². The number of hydrogen-bond acceptors (Lipinski definition) is 4. The van der Waals surface area contributed by atoms with Crippen molar-refractivity contribution in [2.45, 2.75) is 25.2 Å². The second-order valence-corrected chi connectivity index (χ2v) is 5.80. The van der Waals surface area contributed by atoms with Crippen LogP contribution < -0.4 is 5.32 Å². The second kappa shape index (κ2) is 5.68. The molecule has 0 aliphatic carbocycles. The van der Waals surface area contributed by atoms with Gasteiger partial charge in [-0.05, 0) is 31.5 Å². The molecule has 2 N–H and O–H groups in total. The van der Waals surface area contributed by atoms with Crippen LogP contribution in [0.25, 0.3) is 0 Å². The molecule has 0 unspecified atom stereocenters. The first-order valence-corrected chi connectivity index (χ1v) is 7.00. The minimum Gasteiger partial charge on any atom is -0.325 e. The summed E-state index contributed by atoms with van der Waals surface area (Å²) in [6, 6.07) is 2.35. The molecule has 8 heteroatoms. The van der Waals surface area contributed by atoms with Gasteiger partial charge in [-0.1, -0.05) is 11.6 Å². The molecular formula is C11H12ClNO5S. The van der Waals surface area contributed by atoms with E-state index in [1.165, 1.54) is 13.0 Å². The summed E-state index contributed by atoms with van der Waals surface area (Å²) >= 11 is 5.70. The van der Waals surface area contributed by atoms with Gasteiger partial charge < -0.3 is 5.32 Å². The highest BCUT2D eigenvalue weighted by Gasteiger charge is 2.18. The fourth-order valence-corrected chi connectivity index (χ4v) is 2.49. The third-order valence-corrected chi connectivity index (χ3v) is 3.56. The Hall–Kier alpha value is -1.44. The lowest BCUT2D eigenvalue weighted by atomic mass is 10.2. The van der Waals surface area contributed by atoms with Gasteiger partial charge >= 0.3 is 0 Å². The van der Waals surface area contributed by atoms with Crippen molar-refractivity contribution < 1.29 is 22.6 Å². The topological polar surface area (TPSA) is 101 Å². The number of carbonyl (C=O) groups is 2. The first-order valence-electron chi connectivity index (χ1n) is 5.18. The first-order chi connectivity index (χ1) is 8.61. The van der Waals surface area contributed by atoms with Crippen molar-refractivity contribution in [1.29, 1.82) is 0 Å². The fourth-order valence-electron chi connectivity index (χ4n) is 1.41. The van der Waals surface area contributed by atoms with Crippen molar-refractivity contribution in [3.05, 3.63) is 22.7 Å². The smallest absolute Gasteiger partial charge is 0.296 e. The van der Waals surface area contributed by atoms with Crippen molar-refractivity contribution in [3.8, 4) is 0 Å². The van der Waals surface area contributed by atoms with Crippen LogP contribution in [0.15, 0.2) is 17.0 Å². The number of Topliss-reactive ketones (excluding diaryl/α,β-unsaturated/α-hetero) is 1. The van der Waals surface area contributed by atoms with Crippen LogP contribution in [0.2, 0.25) is 5.02 Å². The minimum atomic E-state index is -4.48. The lowest BCUT2D eigenvalue weighted by Crippen LogP contribution is -2.16. The molecule has 1 rings (SSSR count). The molecule has 0 fully saturated rings. The monoisotopic (exact) mass is 305 g/mol. The van der Waals surface area contributed by atoms with Crippen molar-refractivity contribution in [3.63, 3.8) is 0 Å². The van der Waals surface area contributed by atoms with Crippen LogP contribution >= 0.6 is 11.6 Å². The second-order valence-electron chi connectivity index (χ2n) is 4.00. The van der Waals surface area contributed by atoms with E-state index < -0.39 is 20.9 Å². The zero-order valence-electron chi connectivity index (χ0n) is 10.2. The van der Waals surface area contributed by atoms with Crippen molar-refractivity contribution in [2.75, 3.05) is 5.32 Å². The SMILES string of the molecule is CC(=O)CC(=O)Nc1cc(S(=O)(=O)O)c(Cl)cc1C. The number of aryl methyl sites for hydroxylation is 1. The molecule has 6 nitrogen and oxygen atoms in total. The molecule has 104 valence electrons.